The summed E-state index contributed by atoms with van der Waals surface area (Å²) in [6.45, 7) is 0. The van der Waals surface area contributed by atoms with Crippen molar-refractivity contribution in [3.05, 3.63) is 30.3 Å². The maximum Gasteiger partial charge on any atom is 0.328 e. The Kier molecular flexibility index (Phi) is 4.47. The second-order valence-electron chi connectivity index (χ2n) is 3.54. The quantitative estimate of drug-likeness (QED) is 0.629. The van der Waals surface area contributed by atoms with Gasteiger partial charge in [0.25, 0.3) is 0 Å². The number of amides is 1. The highest BCUT2D eigenvalue weighted by molar-refractivity contribution is 5.79. The Morgan fingerprint density at radius 3 is 2.35 bits per heavy atom. The van der Waals surface area contributed by atoms with Gasteiger partial charge in [0, 0.05) is 6.42 Å². The van der Waals surface area contributed by atoms with Crippen LogP contribution >= 0.6 is 0 Å². The highest BCUT2D eigenvalue weighted by Crippen LogP contribution is 2.16. The summed E-state index contributed by atoms with van der Waals surface area (Å²) in [6.07, 6.45) is -0.142. The third-order valence-electron chi connectivity index (χ3n) is 2.27. The lowest BCUT2D eigenvalue weighted by atomic mass is 10.1. The van der Waals surface area contributed by atoms with Crippen LogP contribution in [0, 0.1) is 0 Å². The summed E-state index contributed by atoms with van der Waals surface area (Å²) in [6, 6.07) is 7.04. The van der Waals surface area contributed by atoms with Crippen LogP contribution in [0.2, 0.25) is 0 Å². The molecule has 1 rings (SSSR count). The molecule has 0 saturated heterocycles. The van der Waals surface area contributed by atoms with Gasteiger partial charge < -0.3 is 10.8 Å². The summed E-state index contributed by atoms with van der Waals surface area (Å²) in [4.78, 5) is 21.6. The second-order valence-corrected chi connectivity index (χ2v) is 3.54. The number of para-hydroxylation sites is 1. The van der Waals surface area contributed by atoms with Crippen molar-refractivity contribution in [1.82, 2.24) is 0 Å². The molecule has 1 aromatic carbocycles. The van der Waals surface area contributed by atoms with E-state index in [-0.39, 0.29) is 12.8 Å². The van der Waals surface area contributed by atoms with E-state index in [1.165, 1.54) is 0 Å². The highest BCUT2D eigenvalue weighted by atomic mass is 16.5. The van der Waals surface area contributed by atoms with Crippen molar-refractivity contribution in [3.63, 3.8) is 0 Å². The van der Waals surface area contributed by atoms with E-state index >= 15 is 0 Å². The number of nitrogens with two attached hydrogens (primary N) is 1. The average Bonchev–Trinajstić information content (AvgIpc) is 2.29. The van der Waals surface area contributed by atoms with Gasteiger partial charge in [-0.15, -0.1) is 0 Å². The molecule has 1 aromatic rings. The molecule has 4 N–H and O–H groups in total. The molecule has 6 nitrogen and oxygen atoms in total. The van der Waals surface area contributed by atoms with Gasteiger partial charge in [-0.3, -0.25) is 10.0 Å². The summed E-state index contributed by atoms with van der Waals surface area (Å²) in [7, 11) is 0. The predicted molar refractivity (Wildman–Crippen MR) is 60.6 cm³/mol. The fraction of sp³-hybridized carbons (Fsp3) is 0.273. The van der Waals surface area contributed by atoms with Gasteiger partial charge in [-0.25, -0.2) is 9.86 Å². The van der Waals surface area contributed by atoms with E-state index in [4.69, 9.17) is 10.8 Å². The largest absolute Gasteiger partial charge is 0.480 e. The normalized spacial score (nSPS) is 11.8. The van der Waals surface area contributed by atoms with E-state index in [2.05, 4.69) is 0 Å². The summed E-state index contributed by atoms with van der Waals surface area (Å²) in [5.41, 5.74) is 5.30. The van der Waals surface area contributed by atoms with E-state index in [0.29, 0.717) is 10.8 Å². The molecule has 0 aliphatic heterocycles. The van der Waals surface area contributed by atoms with Crippen molar-refractivity contribution in [3.8, 4) is 0 Å². The third kappa shape index (κ3) is 3.76. The van der Waals surface area contributed by atoms with Gasteiger partial charge in [0.05, 0.1) is 5.69 Å². The fourth-order valence-corrected chi connectivity index (χ4v) is 1.39. The standard InChI is InChI=1S/C11H14N2O4/c12-10(14)7-6-9(11(15)16)13(17)8-4-2-1-3-5-8/h1-5,9,17H,6-7H2,(H2,12,14)(H,15,16)/t9-/m0/s1. The van der Waals surface area contributed by atoms with E-state index in [1.54, 1.807) is 30.3 Å². The minimum atomic E-state index is -1.21. The van der Waals surface area contributed by atoms with Crippen LogP contribution in [0.1, 0.15) is 12.8 Å². The van der Waals surface area contributed by atoms with Crippen LogP contribution in [0.25, 0.3) is 0 Å². The number of rotatable bonds is 6. The van der Waals surface area contributed by atoms with Crippen LogP contribution in [0.15, 0.2) is 30.3 Å². The number of hydrogen-bond acceptors (Lipinski definition) is 4. The number of primary amides is 1. The van der Waals surface area contributed by atoms with Gasteiger partial charge in [-0.2, -0.15) is 0 Å². The van der Waals surface area contributed by atoms with Crippen molar-refractivity contribution >= 4 is 17.6 Å². The second kappa shape index (κ2) is 5.86. The number of carboxylic acids is 1. The molecule has 0 unspecified atom stereocenters. The number of hydrogen-bond donors (Lipinski definition) is 3. The molecular formula is C11H14N2O4. The third-order valence-corrected chi connectivity index (χ3v) is 2.27. The first-order valence-electron chi connectivity index (χ1n) is 5.06. The van der Waals surface area contributed by atoms with Crippen molar-refractivity contribution < 1.29 is 19.9 Å². The zero-order valence-corrected chi connectivity index (χ0v) is 9.11. The summed E-state index contributed by atoms with van der Waals surface area (Å²) >= 11 is 0. The number of carboxylic acid groups (broad SMARTS) is 1. The molecule has 0 aliphatic carbocycles. The Hall–Kier alpha value is -2.08. The molecule has 0 spiro atoms. The molecule has 0 aromatic heterocycles. The first-order chi connectivity index (χ1) is 8.02. The Balaban J connectivity index is 2.77. The van der Waals surface area contributed by atoms with Gasteiger partial charge in [-0.1, -0.05) is 18.2 Å². The predicted octanol–water partition coefficient (Wildman–Crippen LogP) is 0.601. The molecule has 0 saturated carbocycles. The smallest absolute Gasteiger partial charge is 0.328 e. The van der Waals surface area contributed by atoms with Crippen LogP contribution in [-0.4, -0.2) is 28.2 Å². The Morgan fingerprint density at radius 2 is 1.88 bits per heavy atom. The van der Waals surface area contributed by atoms with Crippen molar-refractivity contribution in [2.24, 2.45) is 5.73 Å². The molecule has 92 valence electrons. The van der Waals surface area contributed by atoms with E-state index in [9.17, 15) is 14.8 Å². The maximum absolute atomic E-state index is 11.0. The van der Waals surface area contributed by atoms with Gasteiger partial charge in [0.1, 0.15) is 0 Å². The number of carbonyl (C=O) groups excluding carboxylic acids is 1. The summed E-state index contributed by atoms with van der Waals surface area (Å²) in [5, 5.41) is 19.4. The van der Waals surface area contributed by atoms with Crippen LogP contribution in [0.5, 0.6) is 0 Å². The number of carbonyl (C=O) groups is 2. The molecule has 17 heavy (non-hydrogen) atoms. The number of aliphatic carboxylic acids is 1. The molecule has 0 heterocycles. The van der Waals surface area contributed by atoms with Crippen LogP contribution in [0.3, 0.4) is 0 Å². The average molecular weight is 238 g/mol. The molecule has 0 fully saturated rings. The number of nitrogens with zero attached hydrogens (tertiary/aromatic N) is 1. The Bertz CT molecular complexity index is 394. The topological polar surface area (TPSA) is 104 Å². The zero-order chi connectivity index (χ0) is 12.8. The van der Waals surface area contributed by atoms with Gasteiger partial charge in [-0.05, 0) is 18.6 Å². The lowest BCUT2D eigenvalue weighted by Gasteiger charge is -2.23. The lowest BCUT2D eigenvalue weighted by Crippen LogP contribution is -2.39. The minimum Gasteiger partial charge on any atom is -0.480 e. The van der Waals surface area contributed by atoms with Gasteiger partial charge >= 0.3 is 5.97 Å². The highest BCUT2D eigenvalue weighted by Gasteiger charge is 2.25. The molecule has 1 atom stereocenters. The molecule has 0 radical (unpaired) electrons. The fourth-order valence-electron chi connectivity index (χ4n) is 1.39. The van der Waals surface area contributed by atoms with Crippen LogP contribution in [0.4, 0.5) is 5.69 Å². The first-order valence-corrected chi connectivity index (χ1v) is 5.06. The van der Waals surface area contributed by atoms with E-state index in [1.807, 2.05) is 0 Å². The summed E-state index contributed by atoms with van der Waals surface area (Å²) < 4.78 is 0. The molecular weight excluding hydrogens is 224 g/mol. The number of benzene rings is 1. The monoisotopic (exact) mass is 238 g/mol. The molecule has 1 amide bonds. The van der Waals surface area contributed by atoms with Crippen LogP contribution < -0.4 is 10.8 Å². The first kappa shape index (κ1) is 13.0. The van der Waals surface area contributed by atoms with Crippen molar-refractivity contribution in [2.75, 3.05) is 5.06 Å². The lowest BCUT2D eigenvalue weighted by molar-refractivity contribution is -0.140. The van der Waals surface area contributed by atoms with Gasteiger partial charge in [0.15, 0.2) is 6.04 Å². The van der Waals surface area contributed by atoms with E-state index in [0.717, 1.165) is 0 Å². The minimum absolute atomic E-state index is 0.0456. The molecule has 0 aliphatic rings. The zero-order valence-electron chi connectivity index (χ0n) is 9.11. The molecule has 0 bridgehead atoms. The molecule has 6 heteroatoms. The van der Waals surface area contributed by atoms with Crippen molar-refractivity contribution in [2.45, 2.75) is 18.9 Å². The number of hydroxylamine groups is 1. The Morgan fingerprint density at radius 1 is 1.29 bits per heavy atom. The van der Waals surface area contributed by atoms with Crippen LogP contribution in [-0.2, 0) is 9.59 Å². The van der Waals surface area contributed by atoms with E-state index < -0.39 is 17.9 Å². The van der Waals surface area contributed by atoms with Gasteiger partial charge in [0.2, 0.25) is 5.91 Å². The summed E-state index contributed by atoms with van der Waals surface area (Å²) in [5.74, 6) is -1.81. The Labute approximate surface area is 98.2 Å². The van der Waals surface area contributed by atoms with Crippen molar-refractivity contribution in [1.29, 1.82) is 0 Å². The maximum atomic E-state index is 11.0. The SMILES string of the molecule is NC(=O)CC[C@@H](C(=O)O)N(O)c1ccccc1. The number of anilines is 1.